The maximum Gasteiger partial charge on any atom is 0.234 e. The van der Waals surface area contributed by atoms with Gasteiger partial charge < -0.3 is 0 Å². The summed E-state index contributed by atoms with van der Waals surface area (Å²) in [4.78, 5) is 8.79. The molecule has 0 saturated heterocycles. The van der Waals surface area contributed by atoms with E-state index in [0.717, 1.165) is 22.4 Å². The van der Waals surface area contributed by atoms with E-state index in [1.807, 2.05) is 18.0 Å². The molecule has 0 fully saturated rings. The van der Waals surface area contributed by atoms with Crippen molar-refractivity contribution in [3.8, 4) is 0 Å². The Balaban J connectivity index is 2.32. The highest BCUT2D eigenvalue weighted by Crippen LogP contribution is 2.25. The van der Waals surface area contributed by atoms with Crippen LogP contribution < -0.4 is 0 Å². The van der Waals surface area contributed by atoms with Crippen LogP contribution in [0.25, 0.3) is 5.78 Å². The summed E-state index contributed by atoms with van der Waals surface area (Å²) in [6.45, 7) is 0. The van der Waals surface area contributed by atoms with Crippen molar-refractivity contribution in [3.63, 3.8) is 0 Å². The molecule has 3 nitrogen and oxygen atoms in total. The number of imidazole rings is 1. The lowest BCUT2D eigenvalue weighted by Gasteiger charge is -2.09. The fraction of sp³-hybridized carbons (Fsp3) is 0.333. The van der Waals surface area contributed by atoms with Gasteiger partial charge in [-0.25, -0.2) is 9.97 Å². The summed E-state index contributed by atoms with van der Waals surface area (Å²) in [5, 5.41) is 0. The fourth-order valence-electron chi connectivity index (χ4n) is 1.69. The van der Waals surface area contributed by atoms with Crippen LogP contribution in [0.5, 0.6) is 0 Å². The first kappa shape index (κ1) is 8.73. The summed E-state index contributed by atoms with van der Waals surface area (Å²) in [5.74, 6) is 3.05. The minimum Gasteiger partial charge on any atom is -0.286 e. The Hall–Kier alpha value is -0.550. The van der Waals surface area contributed by atoms with Gasteiger partial charge in [0.25, 0.3) is 0 Å². The Labute approximate surface area is 94.1 Å². The third-order valence-electron chi connectivity index (χ3n) is 2.35. The molecular weight excluding hydrogens is 262 g/mol. The van der Waals surface area contributed by atoms with Crippen LogP contribution in [0.2, 0.25) is 0 Å². The van der Waals surface area contributed by atoms with Crippen LogP contribution in [0, 0.1) is 0 Å². The molecule has 0 aliphatic carbocycles. The van der Waals surface area contributed by atoms with Crippen LogP contribution in [-0.2, 0) is 12.2 Å². The first-order valence-corrected chi connectivity index (χ1v) is 6.38. The number of fused-ring (bicyclic) bond motifs is 3. The molecule has 0 atom stereocenters. The van der Waals surface area contributed by atoms with Crippen LogP contribution >= 0.6 is 27.7 Å². The van der Waals surface area contributed by atoms with E-state index in [2.05, 4.69) is 30.3 Å². The van der Waals surface area contributed by atoms with Gasteiger partial charge in [-0.05, 0) is 21.7 Å². The molecule has 0 bridgehead atoms. The number of rotatable bonds is 0. The Bertz CT molecular complexity index is 494. The van der Waals surface area contributed by atoms with Crippen LogP contribution in [-0.4, -0.2) is 20.1 Å². The highest BCUT2D eigenvalue weighted by Gasteiger charge is 2.16. The smallest absolute Gasteiger partial charge is 0.234 e. The molecule has 0 unspecified atom stereocenters. The molecule has 2 aromatic heterocycles. The second-order valence-electron chi connectivity index (χ2n) is 3.25. The number of halogens is 1. The summed E-state index contributed by atoms with van der Waals surface area (Å²) < 4.78 is 3.09. The lowest BCUT2D eigenvalue weighted by Crippen LogP contribution is -2.03. The van der Waals surface area contributed by atoms with Crippen LogP contribution in [0.3, 0.4) is 0 Å². The van der Waals surface area contributed by atoms with Crippen molar-refractivity contribution in [1.29, 1.82) is 0 Å². The van der Waals surface area contributed by atoms with Gasteiger partial charge >= 0.3 is 0 Å². The fourth-order valence-corrected chi connectivity index (χ4v) is 2.98. The summed E-state index contributed by atoms with van der Waals surface area (Å²) >= 11 is 5.39. The van der Waals surface area contributed by atoms with Gasteiger partial charge in [-0.3, -0.25) is 4.40 Å². The average molecular weight is 270 g/mol. The summed E-state index contributed by atoms with van der Waals surface area (Å²) in [6, 6.07) is 0. The largest absolute Gasteiger partial charge is 0.286 e. The number of thioether (sulfide) groups is 1. The van der Waals surface area contributed by atoms with Gasteiger partial charge in [0, 0.05) is 24.6 Å². The Morgan fingerprint density at radius 2 is 2.43 bits per heavy atom. The Morgan fingerprint density at radius 3 is 3.36 bits per heavy atom. The topological polar surface area (TPSA) is 30.2 Å². The molecule has 1 aliphatic heterocycles. The van der Waals surface area contributed by atoms with Gasteiger partial charge in [-0.1, -0.05) is 0 Å². The van der Waals surface area contributed by atoms with Gasteiger partial charge in [0.05, 0.1) is 15.9 Å². The zero-order valence-electron chi connectivity index (χ0n) is 7.40. The molecule has 1 aliphatic rings. The third kappa shape index (κ3) is 1.26. The molecule has 0 spiro atoms. The van der Waals surface area contributed by atoms with Gasteiger partial charge in [0.2, 0.25) is 5.78 Å². The maximum atomic E-state index is 4.51. The number of aromatic nitrogens is 3. The van der Waals surface area contributed by atoms with Gasteiger partial charge in [0.1, 0.15) is 0 Å². The zero-order valence-corrected chi connectivity index (χ0v) is 9.81. The highest BCUT2D eigenvalue weighted by atomic mass is 79.9. The van der Waals surface area contributed by atoms with E-state index in [0.29, 0.717) is 0 Å². The van der Waals surface area contributed by atoms with Crippen molar-refractivity contribution in [2.24, 2.45) is 0 Å². The highest BCUT2D eigenvalue weighted by molar-refractivity contribution is 9.10. The standard InChI is InChI=1S/C9H8BrN3S/c10-6-3-11-9-12-7-1-2-14-5-8(7)13(9)4-6/h3-4H,1-2,5H2. The van der Waals surface area contributed by atoms with E-state index in [9.17, 15) is 0 Å². The molecule has 0 radical (unpaired) electrons. The van der Waals surface area contributed by atoms with Crippen molar-refractivity contribution in [2.45, 2.75) is 12.2 Å². The normalized spacial score (nSPS) is 15.8. The SMILES string of the molecule is Brc1cnc2nc3c(n2c1)CSCC3. The monoisotopic (exact) mass is 269 g/mol. The quantitative estimate of drug-likeness (QED) is 0.735. The van der Waals surface area contributed by atoms with E-state index < -0.39 is 0 Å². The summed E-state index contributed by atoms with van der Waals surface area (Å²) in [5.41, 5.74) is 2.53. The van der Waals surface area contributed by atoms with E-state index in [-0.39, 0.29) is 0 Å². The molecule has 3 heterocycles. The van der Waals surface area contributed by atoms with Gasteiger partial charge in [-0.2, -0.15) is 11.8 Å². The first-order valence-electron chi connectivity index (χ1n) is 4.44. The lowest BCUT2D eigenvalue weighted by atomic mass is 10.3. The van der Waals surface area contributed by atoms with Gasteiger partial charge in [-0.15, -0.1) is 0 Å². The molecule has 14 heavy (non-hydrogen) atoms. The average Bonchev–Trinajstić information content (AvgIpc) is 2.56. The first-order chi connectivity index (χ1) is 6.84. The van der Waals surface area contributed by atoms with Crippen LogP contribution in [0.4, 0.5) is 0 Å². The van der Waals surface area contributed by atoms with Gasteiger partial charge in [0.15, 0.2) is 0 Å². The molecule has 0 saturated carbocycles. The number of hydrogen-bond acceptors (Lipinski definition) is 3. The molecule has 0 N–H and O–H groups in total. The number of aryl methyl sites for hydroxylation is 1. The zero-order chi connectivity index (χ0) is 9.54. The molecular formula is C9H8BrN3S. The van der Waals surface area contributed by atoms with Crippen LogP contribution in [0.1, 0.15) is 11.4 Å². The second-order valence-corrected chi connectivity index (χ2v) is 5.27. The summed E-state index contributed by atoms with van der Waals surface area (Å²) in [6.07, 6.45) is 4.90. The molecule has 2 aromatic rings. The molecule has 0 aromatic carbocycles. The van der Waals surface area contributed by atoms with E-state index in [1.54, 1.807) is 6.20 Å². The second kappa shape index (κ2) is 3.24. The predicted octanol–water partition coefficient (Wildman–Crippen LogP) is 2.28. The van der Waals surface area contributed by atoms with Crippen molar-refractivity contribution in [3.05, 3.63) is 28.3 Å². The maximum absolute atomic E-state index is 4.51. The van der Waals surface area contributed by atoms with Crippen molar-refractivity contribution in [2.75, 3.05) is 5.75 Å². The third-order valence-corrected chi connectivity index (χ3v) is 3.73. The van der Waals surface area contributed by atoms with E-state index in [1.165, 1.54) is 17.1 Å². The number of nitrogens with zero attached hydrogens (tertiary/aromatic N) is 3. The lowest BCUT2D eigenvalue weighted by molar-refractivity contribution is 0.986. The predicted molar refractivity (Wildman–Crippen MR) is 60.6 cm³/mol. The van der Waals surface area contributed by atoms with Crippen LogP contribution in [0.15, 0.2) is 16.9 Å². The van der Waals surface area contributed by atoms with E-state index in [4.69, 9.17) is 0 Å². The van der Waals surface area contributed by atoms with Crippen molar-refractivity contribution >= 4 is 33.5 Å². The molecule has 0 amide bonds. The Morgan fingerprint density at radius 1 is 1.50 bits per heavy atom. The Kier molecular flexibility index (Phi) is 2.02. The molecule has 3 rings (SSSR count). The minimum atomic E-state index is 0.820. The number of hydrogen-bond donors (Lipinski definition) is 0. The van der Waals surface area contributed by atoms with Crippen molar-refractivity contribution < 1.29 is 0 Å². The minimum absolute atomic E-state index is 0.820. The van der Waals surface area contributed by atoms with E-state index >= 15 is 0 Å². The molecule has 72 valence electrons. The summed E-state index contributed by atoms with van der Waals surface area (Å²) in [7, 11) is 0. The molecule has 5 heteroatoms. The van der Waals surface area contributed by atoms with Crippen molar-refractivity contribution in [1.82, 2.24) is 14.4 Å².